The zero-order valence-corrected chi connectivity index (χ0v) is 12.7. The molecule has 114 valence electrons. The van der Waals surface area contributed by atoms with E-state index >= 15 is 0 Å². The van der Waals surface area contributed by atoms with Gasteiger partial charge in [0, 0.05) is 12.1 Å². The van der Waals surface area contributed by atoms with Crippen LogP contribution in [0.25, 0.3) is 0 Å². The van der Waals surface area contributed by atoms with Gasteiger partial charge in [-0.1, -0.05) is 6.92 Å². The molecule has 0 bridgehead atoms. The molecule has 0 spiro atoms. The summed E-state index contributed by atoms with van der Waals surface area (Å²) in [7, 11) is -3.82. The third-order valence-corrected chi connectivity index (χ3v) is 5.01. The minimum atomic E-state index is -3.82. The number of nitrogens with one attached hydrogen (secondary N) is 1. The molecule has 0 heterocycles. The number of hydrogen-bond donors (Lipinski definition) is 3. The van der Waals surface area contributed by atoms with Gasteiger partial charge in [-0.25, -0.2) is 17.5 Å². The van der Waals surface area contributed by atoms with E-state index in [0.29, 0.717) is 12.8 Å². The summed E-state index contributed by atoms with van der Waals surface area (Å²) >= 11 is 0. The van der Waals surface area contributed by atoms with Crippen molar-refractivity contribution in [3.8, 4) is 0 Å². The van der Waals surface area contributed by atoms with Crippen LogP contribution >= 0.6 is 0 Å². The smallest absolute Gasteiger partial charge is 0.241 e. The fourth-order valence-electron chi connectivity index (χ4n) is 1.85. The SMILES string of the molecule is CCC(C)(CCO)NS(=O)(=O)c1cc(C)c(F)c(N)c1. The van der Waals surface area contributed by atoms with E-state index in [0.717, 1.165) is 6.07 Å². The van der Waals surface area contributed by atoms with Crippen LogP contribution in [0, 0.1) is 12.7 Å². The second-order valence-electron chi connectivity index (χ2n) is 5.14. The van der Waals surface area contributed by atoms with Gasteiger partial charge in [-0.3, -0.25) is 0 Å². The molecule has 0 aliphatic rings. The maximum atomic E-state index is 13.5. The van der Waals surface area contributed by atoms with Crippen molar-refractivity contribution >= 4 is 15.7 Å². The first-order chi connectivity index (χ1) is 9.15. The quantitative estimate of drug-likeness (QED) is 0.695. The van der Waals surface area contributed by atoms with E-state index in [1.54, 1.807) is 6.92 Å². The summed E-state index contributed by atoms with van der Waals surface area (Å²) in [6, 6.07) is 2.34. The van der Waals surface area contributed by atoms with Crippen LogP contribution in [0.2, 0.25) is 0 Å². The largest absolute Gasteiger partial charge is 0.396 e. The molecule has 0 aromatic heterocycles. The first kappa shape index (κ1) is 16.9. The lowest BCUT2D eigenvalue weighted by atomic mass is 9.97. The fourth-order valence-corrected chi connectivity index (χ4v) is 3.47. The minimum absolute atomic E-state index is 0.0773. The molecule has 0 radical (unpaired) electrons. The maximum Gasteiger partial charge on any atom is 0.241 e. The van der Waals surface area contributed by atoms with Gasteiger partial charge >= 0.3 is 0 Å². The monoisotopic (exact) mass is 304 g/mol. The van der Waals surface area contributed by atoms with Crippen LogP contribution in [-0.2, 0) is 10.0 Å². The fraction of sp³-hybridized carbons (Fsp3) is 0.538. The maximum absolute atomic E-state index is 13.5. The van der Waals surface area contributed by atoms with Crippen LogP contribution in [0.4, 0.5) is 10.1 Å². The lowest BCUT2D eigenvalue weighted by Gasteiger charge is -2.28. The summed E-state index contributed by atoms with van der Waals surface area (Å²) < 4.78 is 40.6. The molecule has 0 aliphatic heterocycles. The molecule has 1 unspecified atom stereocenters. The van der Waals surface area contributed by atoms with Gasteiger partial charge in [0.2, 0.25) is 10.0 Å². The Balaban J connectivity index is 3.18. The van der Waals surface area contributed by atoms with E-state index in [1.807, 2.05) is 6.92 Å². The molecule has 0 saturated heterocycles. The van der Waals surface area contributed by atoms with E-state index in [2.05, 4.69) is 4.72 Å². The Bertz CT molecular complexity index is 566. The van der Waals surface area contributed by atoms with Crippen molar-refractivity contribution in [2.24, 2.45) is 0 Å². The highest BCUT2D eigenvalue weighted by molar-refractivity contribution is 7.89. The molecule has 5 nitrogen and oxygen atoms in total. The number of aliphatic hydroxyl groups excluding tert-OH is 1. The number of halogens is 1. The zero-order valence-electron chi connectivity index (χ0n) is 11.9. The molecule has 4 N–H and O–H groups in total. The number of aliphatic hydroxyl groups is 1. The molecule has 1 aromatic carbocycles. The van der Waals surface area contributed by atoms with Crippen LogP contribution in [0.1, 0.15) is 32.3 Å². The van der Waals surface area contributed by atoms with E-state index in [1.165, 1.54) is 13.0 Å². The highest BCUT2D eigenvalue weighted by Gasteiger charge is 2.29. The van der Waals surface area contributed by atoms with Crippen LogP contribution in [0.5, 0.6) is 0 Å². The summed E-state index contributed by atoms with van der Waals surface area (Å²) in [5.74, 6) is -0.613. The van der Waals surface area contributed by atoms with Gasteiger partial charge in [0.25, 0.3) is 0 Å². The van der Waals surface area contributed by atoms with E-state index in [4.69, 9.17) is 10.8 Å². The summed E-state index contributed by atoms with van der Waals surface area (Å²) in [5, 5.41) is 9.02. The molecule has 7 heteroatoms. The molecule has 0 fully saturated rings. The number of rotatable bonds is 6. The van der Waals surface area contributed by atoms with Crippen molar-refractivity contribution in [2.45, 2.75) is 44.0 Å². The molecule has 0 aliphatic carbocycles. The predicted octanol–water partition coefficient (Wildman–Crippen LogP) is 1.55. The van der Waals surface area contributed by atoms with Crippen molar-refractivity contribution in [3.63, 3.8) is 0 Å². The van der Waals surface area contributed by atoms with Gasteiger partial charge in [0.1, 0.15) is 5.82 Å². The average molecular weight is 304 g/mol. The highest BCUT2D eigenvalue weighted by Crippen LogP contribution is 2.23. The molecule has 20 heavy (non-hydrogen) atoms. The summed E-state index contributed by atoms with van der Waals surface area (Å²) in [6.07, 6.45) is 0.806. The van der Waals surface area contributed by atoms with E-state index in [-0.39, 0.29) is 22.8 Å². The van der Waals surface area contributed by atoms with Gasteiger partial charge in [0.15, 0.2) is 0 Å². The van der Waals surface area contributed by atoms with Crippen LogP contribution in [-0.4, -0.2) is 25.7 Å². The highest BCUT2D eigenvalue weighted by atomic mass is 32.2. The minimum Gasteiger partial charge on any atom is -0.396 e. The summed E-state index contributed by atoms with van der Waals surface area (Å²) in [5.41, 5.74) is 4.68. The second kappa shape index (κ2) is 6.07. The van der Waals surface area contributed by atoms with Gasteiger partial charge < -0.3 is 10.8 Å². The van der Waals surface area contributed by atoms with Crippen LogP contribution in [0.3, 0.4) is 0 Å². The van der Waals surface area contributed by atoms with Gasteiger partial charge in [-0.05, 0) is 44.4 Å². The van der Waals surface area contributed by atoms with Gasteiger partial charge in [0.05, 0.1) is 10.6 Å². The van der Waals surface area contributed by atoms with Crippen LogP contribution < -0.4 is 10.5 Å². The van der Waals surface area contributed by atoms with Crippen LogP contribution in [0.15, 0.2) is 17.0 Å². The summed E-state index contributed by atoms with van der Waals surface area (Å²) in [6.45, 7) is 4.86. The average Bonchev–Trinajstić information content (AvgIpc) is 2.35. The normalized spacial score (nSPS) is 15.1. The Morgan fingerprint density at radius 1 is 1.45 bits per heavy atom. The second-order valence-corrected chi connectivity index (χ2v) is 6.82. The van der Waals surface area contributed by atoms with Crippen molar-refractivity contribution < 1.29 is 17.9 Å². The number of sulfonamides is 1. The molecular weight excluding hydrogens is 283 g/mol. The van der Waals surface area contributed by atoms with Crippen molar-refractivity contribution in [2.75, 3.05) is 12.3 Å². The van der Waals surface area contributed by atoms with Crippen molar-refractivity contribution in [1.29, 1.82) is 0 Å². The number of hydrogen-bond acceptors (Lipinski definition) is 4. The molecular formula is C13H21FN2O3S. The Morgan fingerprint density at radius 2 is 2.05 bits per heavy atom. The Kier molecular flexibility index (Phi) is 5.12. The predicted molar refractivity (Wildman–Crippen MR) is 76.3 cm³/mol. The summed E-state index contributed by atoms with van der Waals surface area (Å²) in [4.78, 5) is -0.0773. The Labute approximate surface area is 119 Å². The molecule has 1 atom stereocenters. The first-order valence-electron chi connectivity index (χ1n) is 6.35. The van der Waals surface area contributed by atoms with Gasteiger partial charge in [-0.2, -0.15) is 0 Å². The van der Waals surface area contributed by atoms with Crippen molar-refractivity contribution in [3.05, 3.63) is 23.5 Å². The number of nitrogen functional groups attached to an aromatic ring is 1. The lowest BCUT2D eigenvalue weighted by molar-refractivity contribution is 0.233. The number of aryl methyl sites for hydroxylation is 1. The molecule has 0 amide bonds. The zero-order chi connectivity index (χ0) is 15.6. The number of nitrogens with two attached hydrogens (primary N) is 1. The Hall–Kier alpha value is -1.18. The van der Waals surface area contributed by atoms with Gasteiger partial charge in [-0.15, -0.1) is 0 Å². The first-order valence-corrected chi connectivity index (χ1v) is 7.84. The molecule has 1 aromatic rings. The molecule has 1 rings (SSSR count). The third-order valence-electron chi connectivity index (χ3n) is 3.39. The van der Waals surface area contributed by atoms with E-state index < -0.39 is 21.4 Å². The number of benzene rings is 1. The lowest BCUT2D eigenvalue weighted by Crippen LogP contribution is -2.46. The van der Waals surface area contributed by atoms with E-state index in [9.17, 15) is 12.8 Å². The Morgan fingerprint density at radius 3 is 2.50 bits per heavy atom. The van der Waals surface area contributed by atoms with Crippen molar-refractivity contribution in [1.82, 2.24) is 4.72 Å². The topological polar surface area (TPSA) is 92.4 Å². The number of anilines is 1. The molecule has 0 saturated carbocycles. The standard InChI is InChI=1S/C13H21FN2O3S/c1-4-13(3,5-6-17)16-20(18,19)10-7-9(2)12(14)11(15)8-10/h7-8,16-17H,4-6,15H2,1-3H3. The third kappa shape index (κ3) is 3.68.